The van der Waals surface area contributed by atoms with Gasteiger partial charge in [0.1, 0.15) is 10.6 Å². The Morgan fingerprint density at radius 2 is 2.36 bits per heavy atom. The van der Waals surface area contributed by atoms with E-state index in [0.717, 1.165) is 0 Å². The molecule has 1 rings (SSSR count). The van der Waals surface area contributed by atoms with Crippen LogP contribution in [0.3, 0.4) is 0 Å². The Bertz CT molecular complexity index is 340. The number of thiazole rings is 1. The maximum Gasteiger partial charge on any atom is 0.350 e. The maximum absolute atomic E-state index is 12.3. The zero-order chi connectivity index (χ0) is 10.7. The highest BCUT2D eigenvalue weighted by Gasteiger charge is 2.24. The normalized spacial score (nSPS) is 10.6. The summed E-state index contributed by atoms with van der Waals surface area (Å²) in [5.74, 6) is -0.808. The summed E-state index contributed by atoms with van der Waals surface area (Å²) in [4.78, 5) is 14.3. The topological polar surface area (TPSA) is 65.2 Å². The van der Waals surface area contributed by atoms with E-state index in [1.807, 2.05) is 0 Å². The van der Waals surface area contributed by atoms with Crippen LogP contribution in [0.15, 0.2) is 0 Å². The van der Waals surface area contributed by atoms with Crippen molar-refractivity contribution < 1.29 is 18.3 Å². The Balaban J connectivity index is 3.00. The summed E-state index contributed by atoms with van der Waals surface area (Å²) in [6.45, 7) is 1.71. The lowest BCUT2D eigenvalue weighted by Gasteiger charge is -2.00. The van der Waals surface area contributed by atoms with E-state index in [-0.39, 0.29) is 16.6 Å². The van der Waals surface area contributed by atoms with Crippen LogP contribution in [0.1, 0.15) is 28.7 Å². The van der Waals surface area contributed by atoms with Gasteiger partial charge in [-0.3, -0.25) is 0 Å². The molecule has 0 aliphatic heterocycles. The van der Waals surface area contributed by atoms with Crippen molar-refractivity contribution in [2.45, 2.75) is 13.3 Å². The number of aromatic nitrogens is 1. The Morgan fingerprint density at radius 1 is 1.71 bits per heavy atom. The smallest absolute Gasteiger partial charge is 0.350 e. The van der Waals surface area contributed by atoms with E-state index >= 15 is 0 Å². The van der Waals surface area contributed by atoms with Crippen molar-refractivity contribution in [1.29, 1.82) is 0 Å². The van der Waals surface area contributed by atoms with E-state index < -0.39 is 18.1 Å². The molecule has 0 bridgehead atoms. The number of esters is 1. The van der Waals surface area contributed by atoms with E-state index in [4.69, 9.17) is 5.73 Å². The number of carbonyl (C=O) groups excluding carboxylic acids is 1. The second-order valence-electron chi connectivity index (χ2n) is 2.29. The second-order valence-corrected chi connectivity index (χ2v) is 3.32. The first kappa shape index (κ1) is 10.8. The predicted octanol–water partition coefficient (Wildman–Crippen LogP) is 1.84. The van der Waals surface area contributed by atoms with Crippen molar-refractivity contribution in [3.63, 3.8) is 0 Å². The van der Waals surface area contributed by atoms with E-state index in [9.17, 15) is 13.6 Å². The summed E-state index contributed by atoms with van der Waals surface area (Å²) in [7, 11) is 0. The molecule has 1 aromatic rings. The third-order valence-electron chi connectivity index (χ3n) is 1.34. The molecule has 0 aliphatic rings. The fourth-order valence-electron chi connectivity index (χ4n) is 0.840. The molecule has 0 atom stereocenters. The minimum Gasteiger partial charge on any atom is -0.462 e. The molecule has 0 amide bonds. The van der Waals surface area contributed by atoms with Crippen LogP contribution in [0, 0.1) is 0 Å². The molecule has 0 unspecified atom stereocenters. The summed E-state index contributed by atoms with van der Waals surface area (Å²) in [6.07, 6.45) is -2.82. The molecule has 0 fully saturated rings. The highest BCUT2D eigenvalue weighted by Crippen LogP contribution is 2.29. The summed E-state index contributed by atoms with van der Waals surface area (Å²) < 4.78 is 29.2. The first-order valence-corrected chi connectivity index (χ1v) is 4.59. The molecular formula is C7H8F2N2O2S. The van der Waals surface area contributed by atoms with Gasteiger partial charge in [-0.2, -0.15) is 0 Å². The van der Waals surface area contributed by atoms with E-state index in [1.54, 1.807) is 6.92 Å². The number of nitrogen functional groups attached to an aromatic ring is 1. The molecular weight excluding hydrogens is 214 g/mol. The van der Waals surface area contributed by atoms with Crippen molar-refractivity contribution in [2.75, 3.05) is 12.3 Å². The van der Waals surface area contributed by atoms with Gasteiger partial charge in [-0.1, -0.05) is 11.3 Å². The molecule has 14 heavy (non-hydrogen) atoms. The molecule has 0 saturated heterocycles. The van der Waals surface area contributed by atoms with Gasteiger partial charge < -0.3 is 10.5 Å². The Kier molecular flexibility index (Phi) is 3.34. The Hall–Kier alpha value is -1.24. The number of halogens is 2. The highest BCUT2D eigenvalue weighted by atomic mass is 32.1. The van der Waals surface area contributed by atoms with Crippen LogP contribution in [-0.2, 0) is 4.74 Å². The van der Waals surface area contributed by atoms with Crippen molar-refractivity contribution in [1.82, 2.24) is 4.98 Å². The number of hydrogen-bond donors (Lipinski definition) is 1. The van der Waals surface area contributed by atoms with Crippen LogP contribution in [0.2, 0.25) is 0 Å². The van der Waals surface area contributed by atoms with E-state index in [2.05, 4.69) is 9.72 Å². The maximum atomic E-state index is 12.3. The van der Waals surface area contributed by atoms with Gasteiger partial charge in [-0.15, -0.1) is 0 Å². The van der Waals surface area contributed by atoms with Crippen LogP contribution in [0.5, 0.6) is 0 Å². The van der Waals surface area contributed by atoms with Crippen LogP contribution >= 0.6 is 11.3 Å². The fraction of sp³-hybridized carbons (Fsp3) is 0.429. The number of nitrogens with zero attached hydrogens (tertiary/aromatic N) is 1. The van der Waals surface area contributed by atoms with Gasteiger partial charge in [0, 0.05) is 0 Å². The summed E-state index contributed by atoms with van der Waals surface area (Å²) in [5.41, 5.74) is 4.61. The number of alkyl halides is 2. The number of nitrogens with two attached hydrogens (primary N) is 1. The first-order chi connectivity index (χ1) is 6.56. The Labute approximate surface area is 82.7 Å². The quantitative estimate of drug-likeness (QED) is 0.792. The standard InChI is InChI=1S/C7H8F2N2O2S/c1-2-13-6(12)4-3(5(8)9)11-7(10)14-4/h5H,2H2,1H3,(H2,10,11). The molecule has 0 aliphatic carbocycles. The molecule has 4 nitrogen and oxygen atoms in total. The third kappa shape index (κ3) is 2.16. The van der Waals surface area contributed by atoms with Crippen molar-refractivity contribution >= 4 is 22.4 Å². The predicted molar refractivity (Wildman–Crippen MR) is 47.4 cm³/mol. The molecule has 0 aromatic carbocycles. The molecule has 0 saturated carbocycles. The number of rotatable bonds is 3. The molecule has 2 N–H and O–H groups in total. The largest absolute Gasteiger partial charge is 0.462 e. The fourth-order valence-corrected chi connectivity index (χ4v) is 1.57. The molecule has 1 aromatic heterocycles. The minimum atomic E-state index is -2.82. The van der Waals surface area contributed by atoms with Crippen LogP contribution in [0.25, 0.3) is 0 Å². The lowest BCUT2D eigenvalue weighted by Crippen LogP contribution is -2.05. The van der Waals surface area contributed by atoms with Crippen molar-refractivity contribution in [3.8, 4) is 0 Å². The molecule has 0 radical (unpaired) electrons. The number of anilines is 1. The van der Waals surface area contributed by atoms with Crippen molar-refractivity contribution in [3.05, 3.63) is 10.6 Å². The summed E-state index contributed by atoms with van der Waals surface area (Å²) in [5, 5.41) is -0.0663. The molecule has 78 valence electrons. The molecule has 0 spiro atoms. The van der Waals surface area contributed by atoms with E-state index in [1.165, 1.54) is 0 Å². The van der Waals surface area contributed by atoms with Gasteiger partial charge in [0.05, 0.1) is 6.61 Å². The zero-order valence-electron chi connectivity index (χ0n) is 7.29. The SMILES string of the molecule is CCOC(=O)c1sc(N)nc1C(F)F. The number of ether oxygens (including phenoxy) is 1. The van der Waals surface area contributed by atoms with Crippen molar-refractivity contribution in [2.24, 2.45) is 0 Å². The lowest BCUT2D eigenvalue weighted by molar-refractivity contribution is 0.0521. The Morgan fingerprint density at radius 3 is 2.86 bits per heavy atom. The van der Waals surface area contributed by atoms with E-state index in [0.29, 0.717) is 11.3 Å². The van der Waals surface area contributed by atoms with Crippen LogP contribution < -0.4 is 5.73 Å². The zero-order valence-corrected chi connectivity index (χ0v) is 8.11. The molecule has 1 heterocycles. The molecule has 7 heteroatoms. The lowest BCUT2D eigenvalue weighted by atomic mass is 10.4. The third-order valence-corrected chi connectivity index (χ3v) is 2.22. The average molecular weight is 222 g/mol. The van der Waals surface area contributed by atoms with Gasteiger partial charge in [0.15, 0.2) is 5.13 Å². The summed E-state index contributed by atoms with van der Waals surface area (Å²) in [6, 6.07) is 0. The monoisotopic (exact) mass is 222 g/mol. The minimum absolute atomic E-state index is 0.0663. The van der Waals surface area contributed by atoms with Gasteiger partial charge in [0.2, 0.25) is 0 Å². The second kappa shape index (κ2) is 4.32. The van der Waals surface area contributed by atoms with Gasteiger partial charge in [0.25, 0.3) is 6.43 Å². The summed E-state index contributed by atoms with van der Waals surface area (Å²) >= 11 is 0.703. The van der Waals surface area contributed by atoms with Gasteiger partial charge in [-0.05, 0) is 6.92 Å². The van der Waals surface area contributed by atoms with Crippen LogP contribution in [-0.4, -0.2) is 17.6 Å². The first-order valence-electron chi connectivity index (χ1n) is 3.77. The number of carbonyl (C=O) groups is 1. The number of hydrogen-bond acceptors (Lipinski definition) is 5. The van der Waals surface area contributed by atoms with Gasteiger partial charge in [-0.25, -0.2) is 18.6 Å². The van der Waals surface area contributed by atoms with Gasteiger partial charge >= 0.3 is 5.97 Å². The van der Waals surface area contributed by atoms with Crippen LogP contribution in [0.4, 0.5) is 13.9 Å². The highest BCUT2D eigenvalue weighted by molar-refractivity contribution is 7.17. The average Bonchev–Trinajstić information content (AvgIpc) is 2.48.